The molecule has 2 aliphatic heterocycles. The third kappa shape index (κ3) is 20.1. The lowest BCUT2D eigenvalue weighted by Gasteiger charge is -2.35. The zero-order valence-electron chi connectivity index (χ0n) is 39.2. The molecule has 2 aliphatic rings. The second kappa shape index (κ2) is 29.8. The van der Waals surface area contributed by atoms with E-state index in [0.29, 0.717) is 35.4 Å². The molecule has 0 bridgehead atoms. The molecule has 1 amide bonds. The van der Waals surface area contributed by atoms with Gasteiger partial charge in [-0.25, -0.2) is 4.98 Å². The number of imidazole rings is 1. The van der Waals surface area contributed by atoms with Crippen molar-refractivity contribution in [3.8, 4) is 5.75 Å². The van der Waals surface area contributed by atoms with Gasteiger partial charge in [-0.15, -0.1) is 0 Å². The molecule has 0 radical (unpaired) electrons. The van der Waals surface area contributed by atoms with Crippen LogP contribution in [0.25, 0.3) is 0 Å². The van der Waals surface area contributed by atoms with Gasteiger partial charge in [0.05, 0.1) is 37.3 Å². The number of benzene rings is 2. The summed E-state index contributed by atoms with van der Waals surface area (Å²) < 4.78 is 36.1. The number of piperazine rings is 1. The molecule has 1 N–H and O–H groups in total. The summed E-state index contributed by atoms with van der Waals surface area (Å²) in [7, 11) is 0. The Morgan fingerprint density at radius 2 is 1.43 bits per heavy atom. The molecule has 2 saturated heterocycles. The number of rotatable bonds is 27. The highest BCUT2D eigenvalue weighted by molar-refractivity contribution is 6.35. The van der Waals surface area contributed by atoms with Crippen molar-refractivity contribution in [2.75, 3.05) is 57.5 Å². The van der Waals surface area contributed by atoms with E-state index in [0.717, 1.165) is 102 Å². The molecular formula is C49H68Cl2N4O12. The van der Waals surface area contributed by atoms with Gasteiger partial charge in [-0.2, -0.15) is 0 Å². The minimum atomic E-state index is -1.11. The Labute approximate surface area is 404 Å². The number of aliphatic carboxylic acids is 1. The number of amides is 1. The first kappa shape index (κ1) is 54.7. The molecule has 2 aromatic carbocycles. The Balaban J connectivity index is 0.000000297. The van der Waals surface area contributed by atoms with E-state index in [4.69, 9.17) is 56.7 Å². The minimum Gasteiger partial charge on any atom is -0.491 e. The molecule has 67 heavy (non-hydrogen) atoms. The highest BCUT2D eigenvalue weighted by Gasteiger charge is 2.45. The van der Waals surface area contributed by atoms with Crippen LogP contribution >= 0.6 is 23.2 Å². The topological polar surface area (TPSA) is 185 Å². The van der Waals surface area contributed by atoms with E-state index in [1.165, 1.54) is 0 Å². The number of esters is 3. The van der Waals surface area contributed by atoms with Crippen LogP contribution in [0.4, 0.5) is 5.69 Å². The number of halogens is 2. The van der Waals surface area contributed by atoms with E-state index in [-0.39, 0.29) is 50.9 Å². The fourth-order valence-corrected chi connectivity index (χ4v) is 7.98. The van der Waals surface area contributed by atoms with Crippen molar-refractivity contribution in [3.05, 3.63) is 76.8 Å². The SMILES string of the molecule is CC(=O)N1CCN(c2ccc(OCC3COC(Cn4ccnc4)(c4ccc(Cl)cc4Cl)O3)cc2)CC1.CCCCCCCC(=O)OCC(COC(=O)CCCCCCC)OC(=O)CCC(=O)O. The third-order valence-electron chi connectivity index (χ3n) is 11.2. The highest BCUT2D eigenvalue weighted by Crippen LogP contribution is 2.40. The second-order valence-corrected chi connectivity index (χ2v) is 17.5. The summed E-state index contributed by atoms with van der Waals surface area (Å²) in [6, 6.07) is 13.3. The van der Waals surface area contributed by atoms with E-state index in [9.17, 15) is 24.0 Å². The lowest BCUT2D eigenvalue weighted by Crippen LogP contribution is -2.48. The van der Waals surface area contributed by atoms with Crippen LogP contribution in [0.15, 0.2) is 61.2 Å². The van der Waals surface area contributed by atoms with Crippen molar-refractivity contribution in [3.63, 3.8) is 0 Å². The number of carbonyl (C=O) groups excluding carboxylic acids is 4. The van der Waals surface area contributed by atoms with Crippen molar-refractivity contribution in [2.45, 2.75) is 135 Å². The van der Waals surface area contributed by atoms with Crippen molar-refractivity contribution in [2.24, 2.45) is 0 Å². The normalized spacial score (nSPS) is 16.8. The summed E-state index contributed by atoms with van der Waals surface area (Å²) in [5.74, 6) is -2.85. The number of aromatic nitrogens is 2. The number of carbonyl (C=O) groups is 5. The van der Waals surface area contributed by atoms with Crippen LogP contribution in [-0.2, 0) is 60.0 Å². The van der Waals surface area contributed by atoms with Crippen LogP contribution in [0.3, 0.4) is 0 Å². The zero-order valence-corrected chi connectivity index (χ0v) is 40.7. The number of nitrogens with zero attached hydrogens (tertiary/aromatic N) is 4. The molecular weight excluding hydrogens is 907 g/mol. The zero-order chi connectivity index (χ0) is 48.4. The summed E-state index contributed by atoms with van der Waals surface area (Å²) in [6.07, 6.45) is 13.9. The quantitative estimate of drug-likeness (QED) is 0.0434. The molecule has 0 saturated carbocycles. The number of anilines is 1. The maximum Gasteiger partial charge on any atom is 0.306 e. The Bertz CT molecular complexity index is 1930. The van der Waals surface area contributed by atoms with Gasteiger partial charge in [0, 0.05) is 74.6 Å². The van der Waals surface area contributed by atoms with Gasteiger partial charge >= 0.3 is 23.9 Å². The molecule has 18 heteroatoms. The van der Waals surface area contributed by atoms with E-state index in [2.05, 4.69) is 23.7 Å². The Kier molecular flexibility index (Phi) is 24.3. The fraction of sp³-hybridized carbons (Fsp3) is 0.592. The largest absolute Gasteiger partial charge is 0.491 e. The Morgan fingerprint density at radius 3 is 1.99 bits per heavy atom. The van der Waals surface area contributed by atoms with Crippen molar-refractivity contribution in [1.82, 2.24) is 14.5 Å². The van der Waals surface area contributed by atoms with Gasteiger partial charge in [-0.05, 0) is 49.2 Å². The van der Waals surface area contributed by atoms with Gasteiger partial charge in [0.1, 0.15) is 31.7 Å². The Morgan fingerprint density at radius 1 is 0.806 bits per heavy atom. The summed E-state index contributed by atoms with van der Waals surface area (Å²) in [4.78, 5) is 66.1. The van der Waals surface area contributed by atoms with Crippen LogP contribution in [0.2, 0.25) is 10.0 Å². The molecule has 16 nitrogen and oxygen atoms in total. The van der Waals surface area contributed by atoms with E-state index >= 15 is 0 Å². The molecule has 0 aliphatic carbocycles. The molecule has 0 spiro atoms. The molecule has 3 aromatic rings. The summed E-state index contributed by atoms with van der Waals surface area (Å²) in [6.45, 7) is 9.58. The predicted molar refractivity (Wildman–Crippen MR) is 253 cm³/mol. The maximum atomic E-state index is 11.9. The lowest BCUT2D eigenvalue weighted by molar-refractivity contribution is -0.189. The first-order chi connectivity index (χ1) is 32.3. The highest BCUT2D eigenvalue weighted by atomic mass is 35.5. The number of carboxylic acids is 1. The smallest absolute Gasteiger partial charge is 0.306 e. The first-order valence-corrected chi connectivity index (χ1v) is 24.2. The maximum absolute atomic E-state index is 11.9. The monoisotopic (exact) mass is 974 g/mol. The molecule has 5 rings (SSSR count). The van der Waals surface area contributed by atoms with Crippen LogP contribution in [-0.4, -0.2) is 114 Å². The summed E-state index contributed by atoms with van der Waals surface area (Å²) in [5, 5.41) is 9.70. The van der Waals surface area contributed by atoms with E-state index in [1.54, 1.807) is 31.6 Å². The summed E-state index contributed by atoms with van der Waals surface area (Å²) >= 11 is 12.7. The van der Waals surface area contributed by atoms with Gasteiger partial charge in [0.25, 0.3) is 0 Å². The van der Waals surface area contributed by atoms with Gasteiger partial charge in [0.15, 0.2) is 6.10 Å². The number of unbranched alkanes of at least 4 members (excludes halogenated alkanes) is 8. The average Bonchev–Trinajstić information content (AvgIpc) is 3.99. The Hall–Kier alpha value is -4.90. The molecule has 2 unspecified atom stereocenters. The molecule has 1 aromatic heterocycles. The number of carboxylic acid groups (broad SMARTS) is 1. The predicted octanol–water partition coefficient (Wildman–Crippen LogP) is 8.78. The van der Waals surface area contributed by atoms with Gasteiger partial charge in [-0.3, -0.25) is 24.0 Å². The summed E-state index contributed by atoms with van der Waals surface area (Å²) in [5.41, 5.74) is 1.82. The van der Waals surface area contributed by atoms with Crippen molar-refractivity contribution >= 4 is 58.7 Å². The first-order valence-electron chi connectivity index (χ1n) is 23.5. The van der Waals surface area contributed by atoms with Gasteiger partial charge in [0.2, 0.25) is 11.7 Å². The lowest BCUT2D eigenvalue weighted by atomic mass is 10.1. The van der Waals surface area contributed by atoms with Gasteiger partial charge < -0.3 is 47.9 Å². The van der Waals surface area contributed by atoms with Crippen LogP contribution in [0, 0.1) is 0 Å². The van der Waals surface area contributed by atoms with Crippen molar-refractivity contribution in [1.29, 1.82) is 0 Å². The van der Waals surface area contributed by atoms with Crippen LogP contribution in [0.1, 0.15) is 116 Å². The second-order valence-electron chi connectivity index (χ2n) is 16.7. The molecule has 2 atom stereocenters. The minimum absolute atomic E-state index is 0.129. The van der Waals surface area contributed by atoms with Gasteiger partial charge in [-0.1, -0.05) is 94.5 Å². The molecule has 3 heterocycles. The number of ether oxygens (including phenoxy) is 6. The van der Waals surface area contributed by atoms with Crippen molar-refractivity contribution < 1.29 is 57.5 Å². The number of hydrogen-bond acceptors (Lipinski definition) is 13. The molecule has 370 valence electrons. The standard InChI is InChI=1S/C26H28Cl2N4O4.C23H40O8/c1-19(33)31-10-12-32(13-11-31)21-3-5-22(6-4-21)34-15-23-16-35-26(36-23,17-30-9-8-29-18-30)24-7-2-20(27)14-25(24)28;1-3-5-7-9-11-13-21(26)29-17-19(31-23(28)16-15-20(24)25)18-30-22(27)14-12-10-8-6-4-2/h2-9,14,18,23H,10-13,15-17H2,1H3;19H,3-18H2,1-2H3,(H,24,25). The molecule has 2 fully saturated rings. The van der Waals surface area contributed by atoms with Crippen LogP contribution in [0.5, 0.6) is 5.75 Å². The third-order valence-corrected chi connectivity index (χ3v) is 11.7. The fourth-order valence-electron chi connectivity index (χ4n) is 7.43. The van der Waals surface area contributed by atoms with E-state index in [1.807, 2.05) is 46.0 Å². The average molecular weight is 976 g/mol. The number of hydrogen-bond donors (Lipinski definition) is 1. The van der Waals surface area contributed by atoms with E-state index < -0.39 is 35.8 Å². The van der Waals surface area contributed by atoms with Crippen LogP contribution < -0.4 is 9.64 Å².